The van der Waals surface area contributed by atoms with Crippen molar-refractivity contribution in [3.05, 3.63) is 126 Å². The van der Waals surface area contributed by atoms with E-state index in [1.54, 1.807) is 4.57 Å². The first-order valence-electron chi connectivity index (χ1n) is 9.45. The smallest absolute Gasteiger partial charge is 0.268 e. The maximum absolute atomic E-state index is 13.5. The highest BCUT2D eigenvalue weighted by atomic mass is 79.9. The van der Waals surface area contributed by atoms with Crippen LogP contribution in [0.15, 0.2) is 104 Å². The predicted octanol–water partition coefficient (Wildman–Crippen LogP) is 4.13. The van der Waals surface area contributed by atoms with Crippen LogP contribution in [0.1, 0.15) is 22.7 Å². The van der Waals surface area contributed by atoms with E-state index < -0.39 is 0 Å². The molecule has 0 N–H and O–H groups in total. The van der Waals surface area contributed by atoms with Crippen molar-refractivity contribution in [3.8, 4) is 0 Å². The maximum atomic E-state index is 13.5. The lowest BCUT2D eigenvalue weighted by Gasteiger charge is -2.22. The van der Waals surface area contributed by atoms with E-state index >= 15 is 0 Å². The number of halogens is 1. The molecule has 4 nitrogen and oxygen atoms in total. The van der Waals surface area contributed by atoms with Crippen molar-refractivity contribution in [2.75, 3.05) is 0 Å². The number of hydrogen-bond donors (Lipinski definition) is 0. The summed E-state index contributed by atoms with van der Waals surface area (Å²) in [6, 6.07) is 27.5. The minimum Gasteiger partial charge on any atom is -0.268 e. The number of thiazole rings is 1. The normalized spacial score (nSPS) is 16.0. The molecule has 0 bridgehead atoms. The first-order chi connectivity index (χ1) is 14.7. The Morgan fingerprint density at radius 3 is 2.23 bits per heavy atom. The highest BCUT2D eigenvalue weighted by molar-refractivity contribution is 9.10. The molecule has 3 aromatic carbocycles. The van der Waals surface area contributed by atoms with Crippen LogP contribution >= 0.6 is 27.3 Å². The average Bonchev–Trinajstić information content (AvgIpc) is 3.11. The summed E-state index contributed by atoms with van der Waals surface area (Å²) in [7, 11) is 0. The summed E-state index contributed by atoms with van der Waals surface area (Å²) in [5, 5.41) is 8.95. The topological polar surface area (TPSA) is 46.7 Å². The van der Waals surface area contributed by atoms with Gasteiger partial charge in [0, 0.05) is 10.0 Å². The largest absolute Gasteiger partial charge is 0.271 e. The van der Waals surface area contributed by atoms with Gasteiger partial charge in [-0.1, -0.05) is 100 Å². The molecule has 0 saturated carbocycles. The second-order valence-electron chi connectivity index (χ2n) is 6.88. The van der Waals surface area contributed by atoms with E-state index in [4.69, 9.17) is 0 Å². The molecule has 5 rings (SSSR count). The van der Waals surface area contributed by atoms with E-state index in [1.165, 1.54) is 11.3 Å². The van der Waals surface area contributed by atoms with Gasteiger partial charge in [0.05, 0.1) is 10.2 Å². The zero-order valence-electron chi connectivity index (χ0n) is 15.8. The van der Waals surface area contributed by atoms with Gasteiger partial charge in [0.1, 0.15) is 6.04 Å². The standard InChI is InChI=1S/C24H16BrN3OS/c25-19-13-11-16(12-14-19)15-20-23(29)28-22(18-9-5-2-6-10-18)21(26-27-24(28)30-20)17-7-3-1-4-8-17/h1-15,22H. The molecule has 0 saturated heterocycles. The number of hydrogen-bond acceptors (Lipinski definition) is 4. The summed E-state index contributed by atoms with van der Waals surface area (Å²) in [4.78, 5) is 14.1. The Hall–Kier alpha value is -3.09. The van der Waals surface area contributed by atoms with Gasteiger partial charge in [-0.25, -0.2) is 0 Å². The van der Waals surface area contributed by atoms with Gasteiger partial charge < -0.3 is 0 Å². The quantitative estimate of drug-likeness (QED) is 0.441. The fourth-order valence-corrected chi connectivity index (χ4v) is 4.75. The van der Waals surface area contributed by atoms with Crippen molar-refractivity contribution >= 4 is 39.1 Å². The molecule has 0 fully saturated rings. The van der Waals surface area contributed by atoms with Gasteiger partial charge in [-0.3, -0.25) is 9.36 Å². The van der Waals surface area contributed by atoms with Gasteiger partial charge in [0.15, 0.2) is 0 Å². The molecule has 0 amide bonds. The third-order valence-electron chi connectivity index (χ3n) is 4.95. The van der Waals surface area contributed by atoms with Crippen LogP contribution in [0.4, 0.5) is 0 Å². The molecule has 1 aromatic heterocycles. The molecular formula is C24H16BrN3OS. The minimum atomic E-state index is -0.322. The molecule has 146 valence electrons. The van der Waals surface area contributed by atoms with E-state index in [0.717, 1.165) is 26.9 Å². The molecule has 30 heavy (non-hydrogen) atoms. The van der Waals surface area contributed by atoms with Crippen LogP contribution in [0.25, 0.3) is 6.08 Å². The summed E-state index contributed by atoms with van der Waals surface area (Å²) in [5.74, 6) is 0. The molecule has 2 heterocycles. The van der Waals surface area contributed by atoms with Gasteiger partial charge in [-0.15, -0.1) is 10.2 Å². The number of nitrogens with zero attached hydrogens (tertiary/aromatic N) is 3. The number of fused-ring (bicyclic) bond motifs is 1. The van der Waals surface area contributed by atoms with E-state index in [0.29, 0.717) is 9.33 Å². The molecule has 1 atom stereocenters. The molecule has 0 radical (unpaired) electrons. The van der Waals surface area contributed by atoms with Crippen LogP contribution in [-0.4, -0.2) is 10.3 Å². The average molecular weight is 474 g/mol. The number of aromatic nitrogens is 1. The van der Waals surface area contributed by atoms with Gasteiger partial charge in [-0.2, -0.15) is 0 Å². The molecule has 0 aliphatic carbocycles. The van der Waals surface area contributed by atoms with Crippen LogP contribution in [0.3, 0.4) is 0 Å². The molecule has 1 aliphatic rings. The molecule has 0 spiro atoms. The second kappa shape index (κ2) is 7.97. The van der Waals surface area contributed by atoms with Crippen LogP contribution in [-0.2, 0) is 0 Å². The monoisotopic (exact) mass is 473 g/mol. The van der Waals surface area contributed by atoms with Gasteiger partial charge in [0.2, 0.25) is 4.80 Å². The zero-order valence-corrected chi connectivity index (χ0v) is 18.2. The molecule has 1 unspecified atom stereocenters. The molecular weight excluding hydrogens is 458 g/mol. The van der Waals surface area contributed by atoms with Crippen LogP contribution in [0, 0.1) is 0 Å². The number of benzene rings is 3. The lowest BCUT2D eigenvalue weighted by molar-refractivity contribution is 0.657. The Labute approximate surface area is 185 Å². The lowest BCUT2D eigenvalue weighted by Crippen LogP contribution is -2.40. The SMILES string of the molecule is O=c1c(=Cc2ccc(Br)cc2)sc2n1C(c1ccccc1)C(c1ccccc1)=NN=2. The third-order valence-corrected chi connectivity index (χ3v) is 6.45. The Morgan fingerprint density at radius 2 is 1.53 bits per heavy atom. The Balaban J connectivity index is 1.72. The highest BCUT2D eigenvalue weighted by Gasteiger charge is 2.28. The van der Waals surface area contributed by atoms with Crippen LogP contribution in [0.2, 0.25) is 0 Å². The Bertz CT molecular complexity index is 1410. The van der Waals surface area contributed by atoms with E-state index in [-0.39, 0.29) is 11.6 Å². The van der Waals surface area contributed by atoms with Crippen LogP contribution in [0.5, 0.6) is 0 Å². The Morgan fingerprint density at radius 1 is 0.867 bits per heavy atom. The van der Waals surface area contributed by atoms with Gasteiger partial charge in [-0.05, 0) is 29.3 Å². The van der Waals surface area contributed by atoms with Crippen molar-refractivity contribution in [2.45, 2.75) is 6.04 Å². The molecule has 4 aromatic rings. The van der Waals surface area contributed by atoms with E-state index in [2.05, 4.69) is 26.1 Å². The van der Waals surface area contributed by atoms with Gasteiger partial charge in [0.25, 0.3) is 5.56 Å². The Kier molecular flexibility index (Phi) is 5.02. The first-order valence-corrected chi connectivity index (χ1v) is 11.1. The zero-order chi connectivity index (χ0) is 20.5. The first kappa shape index (κ1) is 18.9. The van der Waals surface area contributed by atoms with Crippen LogP contribution < -0.4 is 14.9 Å². The highest BCUT2D eigenvalue weighted by Crippen LogP contribution is 2.24. The summed E-state index contributed by atoms with van der Waals surface area (Å²) in [5.41, 5.74) is 3.64. The summed E-state index contributed by atoms with van der Waals surface area (Å²) in [6.45, 7) is 0. The fraction of sp³-hybridized carbons (Fsp3) is 0.0417. The summed E-state index contributed by atoms with van der Waals surface area (Å²) in [6.07, 6.45) is 1.91. The molecule has 6 heteroatoms. The molecule has 1 aliphatic heterocycles. The van der Waals surface area contributed by atoms with E-state index in [9.17, 15) is 4.79 Å². The summed E-state index contributed by atoms with van der Waals surface area (Å²) < 4.78 is 3.41. The van der Waals surface area contributed by atoms with Crippen molar-refractivity contribution in [3.63, 3.8) is 0 Å². The predicted molar refractivity (Wildman–Crippen MR) is 125 cm³/mol. The minimum absolute atomic E-state index is 0.0566. The van der Waals surface area contributed by atoms with E-state index in [1.807, 2.05) is 91.0 Å². The van der Waals surface area contributed by atoms with Crippen molar-refractivity contribution in [2.24, 2.45) is 10.2 Å². The third kappa shape index (κ3) is 3.49. The fourth-order valence-electron chi connectivity index (χ4n) is 3.54. The summed E-state index contributed by atoms with van der Waals surface area (Å²) >= 11 is 4.81. The maximum Gasteiger partial charge on any atom is 0.271 e. The lowest BCUT2D eigenvalue weighted by atomic mass is 9.96. The second-order valence-corrected chi connectivity index (χ2v) is 8.81. The van der Waals surface area contributed by atoms with Crippen molar-refractivity contribution in [1.29, 1.82) is 0 Å². The number of rotatable bonds is 3. The van der Waals surface area contributed by atoms with Crippen molar-refractivity contribution < 1.29 is 0 Å². The van der Waals surface area contributed by atoms with Crippen molar-refractivity contribution in [1.82, 2.24) is 4.57 Å². The van der Waals surface area contributed by atoms with Gasteiger partial charge >= 0.3 is 0 Å².